The van der Waals surface area contributed by atoms with E-state index in [1.165, 1.54) is 11.8 Å². The predicted octanol–water partition coefficient (Wildman–Crippen LogP) is 1.43. The molecule has 5 heteroatoms. The number of hydrogen-bond acceptors (Lipinski definition) is 4. The summed E-state index contributed by atoms with van der Waals surface area (Å²) in [6, 6.07) is 4.23. The van der Waals surface area contributed by atoms with Crippen molar-refractivity contribution in [2.75, 3.05) is 18.6 Å². The standard InChI is InChI=1S/C13H22N2O2S/c1-3-15-13(8-10-18(2,16)17)7-6-12-5-4-9-14-11-12/h4-5,9,11,13,15H,3,6-8,10H2,1-2H3. The van der Waals surface area contributed by atoms with Crippen LogP contribution in [0.4, 0.5) is 0 Å². The SMILES string of the molecule is CCNC(CCc1cccnc1)CCS(C)(=O)=O. The molecule has 0 spiro atoms. The fourth-order valence-electron chi connectivity index (χ4n) is 1.88. The van der Waals surface area contributed by atoms with Gasteiger partial charge in [0, 0.05) is 24.7 Å². The van der Waals surface area contributed by atoms with Crippen molar-refractivity contribution in [2.24, 2.45) is 0 Å². The van der Waals surface area contributed by atoms with Crippen LogP contribution in [0.3, 0.4) is 0 Å². The molecule has 1 rings (SSSR count). The fraction of sp³-hybridized carbons (Fsp3) is 0.615. The molecule has 0 aromatic carbocycles. The Morgan fingerprint density at radius 2 is 2.17 bits per heavy atom. The van der Waals surface area contributed by atoms with Crippen LogP contribution in [0.1, 0.15) is 25.3 Å². The van der Waals surface area contributed by atoms with E-state index in [2.05, 4.69) is 10.3 Å². The van der Waals surface area contributed by atoms with Gasteiger partial charge in [0.25, 0.3) is 0 Å². The number of nitrogens with zero attached hydrogens (tertiary/aromatic N) is 1. The zero-order valence-corrected chi connectivity index (χ0v) is 11.9. The van der Waals surface area contributed by atoms with Crippen molar-refractivity contribution in [3.63, 3.8) is 0 Å². The van der Waals surface area contributed by atoms with Crippen LogP contribution < -0.4 is 5.32 Å². The highest BCUT2D eigenvalue weighted by molar-refractivity contribution is 7.90. The molecule has 102 valence electrons. The lowest BCUT2D eigenvalue weighted by molar-refractivity contribution is 0.478. The Hall–Kier alpha value is -0.940. The van der Waals surface area contributed by atoms with Crippen LogP contribution in [0.5, 0.6) is 0 Å². The van der Waals surface area contributed by atoms with Crippen LogP contribution in [0.25, 0.3) is 0 Å². The summed E-state index contributed by atoms with van der Waals surface area (Å²) in [4.78, 5) is 4.08. The van der Waals surface area contributed by atoms with Crippen molar-refractivity contribution < 1.29 is 8.42 Å². The summed E-state index contributed by atoms with van der Waals surface area (Å²) in [6.45, 7) is 2.90. The van der Waals surface area contributed by atoms with Gasteiger partial charge < -0.3 is 5.32 Å². The van der Waals surface area contributed by atoms with Crippen molar-refractivity contribution >= 4 is 9.84 Å². The summed E-state index contributed by atoms with van der Waals surface area (Å²) in [6.07, 6.45) is 7.45. The summed E-state index contributed by atoms with van der Waals surface area (Å²) in [5.74, 6) is 0.248. The average Bonchev–Trinajstić information content (AvgIpc) is 2.33. The van der Waals surface area contributed by atoms with Gasteiger partial charge in [-0.3, -0.25) is 4.98 Å². The molecule has 0 aliphatic rings. The van der Waals surface area contributed by atoms with Crippen LogP contribution >= 0.6 is 0 Å². The van der Waals surface area contributed by atoms with E-state index < -0.39 is 9.84 Å². The van der Waals surface area contributed by atoms with Gasteiger partial charge in [-0.2, -0.15) is 0 Å². The van der Waals surface area contributed by atoms with E-state index in [-0.39, 0.29) is 11.8 Å². The fourth-order valence-corrected chi connectivity index (χ4v) is 2.59. The molecule has 1 aromatic heterocycles. The normalized spacial score (nSPS) is 13.4. The van der Waals surface area contributed by atoms with Gasteiger partial charge in [-0.15, -0.1) is 0 Å². The molecule has 1 unspecified atom stereocenters. The number of nitrogens with one attached hydrogen (secondary N) is 1. The Labute approximate surface area is 110 Å². The highest BCUT2D eigenvalue weighted by Crippen LogP contribution is 2.07. The Balaban J connectivity index is 2.43. The minimum atomic E-state index is -2.87. The molecule has 0 fully saturated rings. The number of hydrogen-bond donors (Lipinski definition) is 1. The van der Waals surface area contributed by atoms with Gasteiger partial charge in [-0.05, 0) is 37.4 Å². The maximum atomic E-state index is 11.2. The van der Waals surface area contributed by atoms with E-state index in [4.69, 9.17) is 0 Å². The molecule has 18 heavy (non-hydrogen) atoms. The van der Waals surface area contributed by atoms with E-state index in [1.54, 1.807) is 6.20 Å². The van der Waals surface area contributed by atoms with Crippen molar-refractivity contribution in [1.29, 1.82) is 0 Å². The highest BCUT2D eigenvalue weighted by atomic mass is 32.2. The number of pyridine rings is 1. The van der Waals surface area contributed by atoms with Gasteiger partial charge in [0.2, 0.25) is 0 Å². The number of aryl methyl sites for hydroxylation is 1. The van der Waals surface area contributed by atoms with E-state index >= 15 is 0 Å². The van der Waals surface area contributed by atoms with Crippen molar-refractivity contribution in [2.45, 2.75) is 32.2 Å². The number of rotatable bonds is 8. The van der Waals surface area contributed by atoms with Crippen LogP contribution in [-0.4, -0.2) is 38.0 Å². The third kappa shape index (κ3) is 6.71. The van der Waals surface area contributed by atoms with Gasteiger partial charge in [0.15, 0.2) is 0 Å². The predicted molar refractivity (Wildman–Crippen MR) is 74.4 cm³/mol. The second-order valence-corrected chi connectivity index (χ2v) is 6.83. The maximum Gasteiger partial charge on any atom is 0.147 e. The number of aromatic nitrogens is 1. The molecule has 0 aliphatic carbocycles. The van der Waals surface area contributed by atoms with Crippen molar-refractivity contribution in [1.82, 2.24) is 10.3 Å². The Kier molecular flexibility index (Phi) is 6.29. The summed E-state index contributed by atoms with van der Waals surface area (Å²) in [5, 5.41) is 3.34. The lowest BCUT2D eigenvalue weighted by Crippen LogP contribution is -2.31. The monoisotopic (exact) mass is 270 g/mol. The second kappa shape index (κ2) is 7.48. The molecule has 1 aromatic rings. The van der Waals surface area contributed by atoms with Crippen LogP contribution in [-0.2, 0) is 16.3 Å². The Morgan fingerprint density at radius 3 is 2.72 bits per heavy atom. The third-order valence-corrected chi connectivity index (χ3v) is 3.81. The topological polar surface area (TPSA) is 59.1 Å². The highest BCUT2D eigenvalue weighted by Gasteiger charge is 2.11. The van der Waals surface area contributed by atoms with Gasteiger partial charge in [-0.1, -0.05) is 13.0 Å². The minimum Gasteiger partial charge on any atom is -0.314 e. The van der Waals surface area contributed by atoms with E-state index in [0.29, 0.717) is 6.42 Å². The third-order valence-electron chi connectivity index (χ3n) is 2.83. The van der Waals surface area contributed by atoms with E-state index in [1.807, 2.05) is 25.3 Å². The molecule has 0 bridgehead atoms. The minimum absolute atomic E-state index is 0.248. The summed E-state index contributed by atoms with van der Waals surface area (Å²) in [7, 11) is -2.87. The molecule has 0 saturated carbocycles. The molecular weight excluding hydrogens is 248 g/mol. The first-order valence-corrected chi connectivity index (χ1v) is 8.37. The van der Waals surface area contributed by atoms with Crippen molar-refractivity contribution in [3.8, 4) is 0 Å². The smallest absolute Gasteiger partial charge is 0.147 e. The van der Waals surface area contributed by atoms with Crippen molar-refractivity contribution in [3.05, 3.63) is 30.1 Å². The van der Waals surface area contributed by atoms with Crippen LogP contribution in [0.15, 0.2) is 24.5 Å². The maximum absolute atomic E-state index is 11.2. The summed E-state index contributed by atoms with van der Waals surface area (Å²) in [5.41, 5.74) is 1.19. The lowest BCUT2D eigenvalue weighted by atomic mass is 10.0. The molecule has 0 amide bonds. The quantitative estimate of drug-likeness (QED) is 0.776. The molecule has 0 saturated heterocycles. The number of sulfone groups is 1. The van der Waals surface area contributed by atoms with Crippen LogP contribution in [0.2, 0.25) is 0 Å². The Morgan fingerprint density at radius 1 is 1.39 bits per heavy atom. The Bertz CT molecular complexity index is 432. The molecular formula is C13H22N2O2S. The molecule has 1 heterocycles. The molecule has 1 N–H and O–H groups in total. The second-order valence-electron chi connectivity index (χ2n) is 4.57. The van der Waals surface area contributed by atoms with Gasteiger partial charge in [0.1, 0.15) is 9.84 Å². The molecule has 0 aliphatic heterocycles. The molecule has 4 nitrogen and oxygen atoms in total. The zero-order valence-electron chi connectivity index (χ0n) is 11.1. The van der Waals surface area contributed by atoms with Crippen LogP contribution in [0, 0.1) is 0 Å². The van der Waals surface area contributed by atoms with E-state index in [0.717, 1.165) is 19.4 Å². The lowest BCUT2D eigenvalue weighted by Gasteiger charge is -2.17. The largest absolute Gasteiger partial charge is 0.314 e. The molecule has 1 atom stereocenters. The van der Waals surface area contributed by atoms with Gasteiger partial charge in [0.05, 0.1) is 5.75 Å². The first kappa shape index (κ1) is 15.1. The zero-order chi connectivity index (χ0) is 13.4. The van der Waals surface area contributed by atoms with Gasteiger partial charge >= 0.3 is 0 Å². The molecule has 0 radical (unpaired) electrons. The van der Waals surface area contributed by atoms with Gasteiger partial charge in [-0.25, -0.2) is 8.42 Å². The summed E-state index contributed by atoms with van der Waals surface area (Å²) >= 11 is 0. The summed E-state index contributed by atoms with van der Waals surface area (Å²) < 4.78 is 22.4. The first-order chi connectivity index (χ1) is 8.51. The average molecular weight is 270 g/mol. The first-order valence-electron chi connectivity index (χ1n) is 6.31. The van der Waals surface area contributed by atoms with E-state index in [9.17, 15) is 8.42 Å².